The van der Waals surface area contributed by atoms with Gasteiger partial charge in [-0.25, -0.2) is 9.78 Å². The molecule has 0 aliphatic carbocycles. The summed E-state index contributed by atoms with van der Waals surface area (Å²) in [5.74, 6) is 0.308. The Balaban J connectivity index is 2.06. The molecule has 0 bridgehead atoms. The zero-order valence-electron chi connectivity index (χ0n) is 9.73. The number of fused-ring (bicyclic) bond motifs is 1. The minimum absolute atomic E-state index is 0.0584. The molecule has 0 fully saturated rings. The predicted octanol–water partition coefficient (Wildman–Crippen LogP) is 2.55. The monoisotopic (exact) mass is 251 g/mol. The number of carbonyl (C=O) groups excluding carboxylic acids is 1. The number of rotatable bonds is 4. The van der Waals surface area contributed by atoms with E-state index in [1.54, 1.807) is 24.3 Å². The van der Waals surface area contributed by atoms with E-state index in [2.05, 4.69) is 4.98 Å². The Morgan fingerprint density at radius 1 is 1.47 bits per heavy atom. The minimum Gasteiger partial charge on any atom is -0.482 e. The van der Waals surface area contributed by atoms with E-state index in [9.17, 15) is 4.79 Å². The van der Waals surface area contributed by atoms with Crippen LogP contribution in [0.15, 0.2) is 18.2 Å². The van der Waals surface area contributed by atoms with E-state index in [1.165, 1.54) is 0 Å². The van der Waals surface area contributed by atoms with Gasteiger partial charge in [0.25, 0.3) is 0 Å². The maximum absolute atomic E-state index is 11.1. The van der Waals surface area contributed by atoms with Crippen molar-refractivity contribution >= 4 is 27.5 Å². The van der Waals surface area contributed by atoms with Crippen LogP contribution in [0, 0.1) is 6.92 Å². The third-order valence-corrected chi connectivity index (χ3v) is 3.06. The van der Waals surface area contributed by atoms with E-state index in [-0.39, 0.29) is 12.6 Å². The molecule has 0 atom stereocenters. The number of esters is 1. The highest BCUT2D eigenvalue weighted by Gasteiger charge is 2.05. The standard InChI is InChI=1S/C12H13NO3S/c1-3-15-12(14)7-16-9-4-5-10-11(6-9)17-8(2)13-10/h4-6H,3,7H2,1-2H3. The Bertz CT molecular complexity index is 536. The molecular weight excluding hydrogens is 238 g/mol. The SMILES string of the molecule is CCOC(=O)COc1ccc2nc(C)sc2c1. The van der Waals surface area contributed by atoms with Gasteiger partial charge in [-0.15, -0.1) is 11.3 Å². The summed E-state index contributed by atoms with van der Waals surface area (Å²) in [6.07, 6.45) is 0. The van der Waals surface area contributed by atoms with Gasteiger partial charge in [0.1, 0.15) is 5.75 Å². The van der Waals surface area contributed by atoms with Gasteiger partial charge in [-0.1, -0.05) is 0 Å². The highest BCUT2D eigenvalue weighted by atomic mass is 32.1. The number of aryl methyl sites for hydroxylation is 1. The molecule has 2 rings (SSSR count). The molecule has 0 saturated carbocycles. The number of carbonyl (C=O) groups is 1. The van der Waals surface area contributed by atoms with Gasteiger partial charge in [-0.05, 0) is 32.0 Å². The maximum atomic E-state index is 11.1. The Labute approximate surface area is 103 Å². The van der Waals surface area contributed by atoms with Crippen molar-refractivity contribution < 1.29 is 14.3 Å². The van der Waals surface area contributed by atoms with Gasteiger partial charge >= 0.3 is 5.97 Å². The van der Waals surface area contributed by atoms with Crippen molar-refractivity contribution in [3.63, 3.8) is 0 Å². The summed E-state index contributed by atoms with van der Waals surface area (Å²) in [6.45, 7) is 4.04. The van der Waals surface area contributed by atoms with Crippen LogP contribution in [0.5, 0.6) is 5.75 Å². The lowest BCUT2D eigenvalue weighted by molar-refractivity contribution is -0.145. The normalized spacial score (nSPS) is 10.5. The van der Waals surface area contributed by atoms with Gasteiger partial charge in [-0.3, -0.25) is 0 Å². The Morgan fingerprint density at radius 3 is 3.06 bits per heavy atom. The zero-order valence-corrected chi connectivity index (χ0v) is 10.5. The topological polar surface area (TPSA) is 48.4 Å². The Hall–Kier alpha value is -1.62. The molecule has 0 saturated heterocycles. The van der Waals surface area contributed by atoms with Crippen LogP contribution in [0.3, 0.4) is 0 Å². The fraction of sp³-hybridized carbons (Fsp3) is 0.333. The first kappa shape index (κ1) is 11.9. The quantitative estimate of drug-likeness (QED) is 0.783. The molecule has 2 aromatic rings. The average Bonchev–Trinajstić information content (AvgIpc) is 2.66. The molecule has 0 spiro atoms. The molecule has 0 aliphatic heterocycles. The summed E-state index contributed by atoms with van der Waals surface area (Å²) < 4.78 is 11.2. The molecule has 4 nitrogen and oxygen atoms in total. The van der Waals surface area contributed by atoms with Crippen molar-refractivity contribution in [1.29, 1.82) is 0 Å². The first-order valence-electron chi connectivity index (χ1n) is 5.34. The van der Waals surface area contributed by atoms with Crippen molar-refractivity contribution in [2.24, 2.45) is 0 Å². The third kappa shape index (κ3) is 2.94. The Morgan fingerprint density at radius 2 is 2.29 bits per heavy atom. The van der Waals surface area contributed by atoms with Gasteiger partial charge < -0.3 is 9.47 Å². The number of thiazole rings is 1. The fourth-order valence-electron chi connectivity index (χ4n) is 1.45. The van der Waals surface area contributed by atoms with Crippen molar-refractivity contribution in [1.82, 2.24) is 4.98 Å². The minimum atomic E-state index is -0.354. The molecule has 1 aromatic carbocycles. The number of hydrogen-bond acceptors (Lipinski definition) is 5. The van der Waals surface area contributed by atoms with E-state index in [4.69, 9.17) is 9.47 Å². The summed E-state index contributed by atoms with van der Waals surface area (Å²) in [5.41, 5.74) is 0.955. The average molecular weight is 251 g/mol. The summed E-state index contributed by atoms with van der Waals surface area (Å²) in [5, 5.41) is 1.02. The molecular formula is C12H13NO3S. The second-order valence-corrected chi connectivity index (χ2v) is 4.69. The van der Waals surface area contributed by atoms with E-state index in [0.29, 0.717) is 12.4 Å². The van der Waals surface area contributed by atoms with E-state index < -0.39 is 0 Å². The molecule has 0 amide bonds. The lowest BCUT2D eigenvalue weighted by Crippen LogP contribution is -2.14. The van der Waals surface area contributed by atoms with Gasteiger partial charge in [0.05, 0.1) is 21.8 Å². The number of aromatic nitrogens is 1. The van der Waals surface area contributed by atoms with Crippen LogP contribution in [-0.2, 0) is 9.53 Å². The molecule has 5 heteroatoms. The summed E-state index contributed by atoms with van der Waals surface area (Å²) in [7, 11) is 0. The molecule has 1 aromatic heterocycles. The lowest BCUT2D eigenvalue weighted by Gasteiger charge is -2.05. The molecule has 17 heavy (non-hydrogen) atoms. The van der Waals surface area contributed by atoms with Crippen LogP contribution in [-0.4, -0.2) is 24.2 Å². The molecule has 90 valence electrons. The van der Waals surface area contributed by atoms with Crippen molar-refractivity contribution in [3.8, 4) is 5.75 Å². The first-order chi connectivity index (χ1) is 8.19. The van der Waals surface area contributed by atoms with Crippen molar-refractivity contribution in [3.05, 3.63) is 23.2 Å². The molecule has 0 N–H and O–H groups in total. The second-order valence-electron chi connectivity index (χ2n) is 3.46. The maximum Gasteiger partial charge on any atom is 0.344 e. The lowest BCUT2D eigenvalue weighted by atomic mass is 10.3. The van der Waals surface area contributed by atoms with Crippen LogP contribution in [0.4, 0.5) is 0 Å². The molecule has 1 heterocycles. The van der Waals surface area contributed by atoms with Crippen LogP contribution in [0.25, 0.3) is 10.2 Å². The highest BCUT2D eigenvalue weighted by Crippen LogP contribution is 2.25. The number of nitrogens with zero attached hydrogens (tertiary/aromatic N) is 1. The van der Waals surface area contributed by atoms with Gasteiger partial charge in [0.15, 0.2) is 6.61 Å². The van der Waals surface area contributed by atoms with Crippen molar-refractivity contribution in [2.45, 2.75) is 13.8 Å². The second kappa shape index (κ2) is 5.14. The molecule has 0 radical (unpaired) electrons. The number of benzene rings is 1. The molecule has 0 aliphatic rings. The van der Waals surface area contributed by atoms with E-state index in [0.717, 1.165) is 15.2 Å². The van der Waals surface area contributed by atoms with Crippen molar-refractivity contribution in [2.75, 3.05) is 13.2 Å². The van der Waals surface area contributed by atoms with Gasteiger partial charge in [-0.2, -0.15) is 0 Å². The van der Waals surface area contributed by atoms with Gasteiger partial charge in [0.2, 0.25) is 0 Å². The zero-order chi connectivity index (χ0) is 12.3. The largest absolute Gasteiger partial charge is 0.482 e. The Kier molecular flexibility index (Phi) is 3.58. The van der Waals surface area contributed by atoms with Crippen LogP contribution < -0.4 is 4.74 Å². The number of ether oxygens (including phenoxy) is 2. The summed E-state index contributed by atoms with van der Waals surface area (Å²) in [4.78, 5) is 15.5. The smallest absolute Gasteiger partial charge is 0.344 e. The van der Waals surface area contributed by atoms with E-state index >= 15 is 0 Å². The third-order valence-electron chi connectivity index (χ3n) is 2.13. The predicted molar refractivity (Wildman–Crippen MR) is 66.5 cm³/mol. The van der Waals surface area contributed by atoms with Crippen LogP contribution in [0.1, 0.15) is 11.9 Å². The fourth-order valence-corrected chi connectivity index (χ4v) is 2.31. The number of hydrogen-bond donors (Lipinski definition) is 0. The summed E-state index contributed by atoms with van der Waals surface area (Å²) >= 11 is 1.60. The highest BCUT2D eigenvalue weighted by molar-refractivity contribution is 7.18. The van der Waals surface area contributed by atoms with Crippen LogP contribution >= 0.6 is 11.3 Å². The van der Waals surface area contributed by atoms with Crippen LogP contribution in [0.2, 0.25) is 0 Å². The molecule has 0 unspecified atom stereocenters. The van der Waals surface area contributed by atoms with Gasteiger partial charge in [0, 0.05) is 0 Å². The first-order valence-corrected chi connectivity index (χ1v) is 6.16. The summed E-state index contributed by atoms with van der Waals surface area (Å²) in [6, 6.07) is 5.58. The van der Waals surface area contributed by atoms with E-state index in [1.807, 2.05) is 19.1 Å².